The Hall–Kier alpha value is -0.120. The van der Waals surface area contributed by atoms with Crippen LogP contribution in [-0.2, 0) is 14.2 Å². The van der Waals surface area contributed by atoms with Crippen molar-refractivity contribution in [3.63, 3.8) is 0 Å². The molecule has 0 aromatic heterocycles. The number of rotatable bonds is 1. The zero-order valence-corrected chi connectivity index (χ0v) is 6.72. The van der Waals surface area contributed by atoms with Crippen LogP contribution in [0.3, 0.4) is 0 Å². The highest BCUT2D eigenvalue weighted by molar-refractivity contribution is 4.58. The summed E-state index contributed by atoms with van der Waals surface area (Å²) >= 11 is 0. The molecule has 0 aliphatic carbocycles. The average molecular weight is 146 g/mol. The van der Waals surface area contributed by atoms with E-state index < -0.39 is 6.48 Å². The van der Waals surface area contributed by atoms with Crippen molar-refractivity contribution in [2.75, 3.05) is 13.2 Å². The van der Waals surface area contributed by atoms with Crippen molar-refractivity contribution in [3.8, 4) is 0 Å². The number of hydrogen-bond acceptors (Lipinski definition) is 3. The Bertz CT molecular complexity index is 99.9. The minimum atomic E-state index is -0.444. The van der Waals surface area contributed by atoms with Crippen molar-refractivity contribution in [1.82, 2.24) is 0 Å². The third-order valence-corrected chi connectivity index (χ3v) is 1.04. The van der Waals surface area contributed by atoms with Crippen LogP contribution in [0.25, 0.3) is 0 Å². The molecule has 3 heteroatoms. The van der Waals surface area contributed by atoms with Crippen molar-refractivity contribution in [2.24, 2.45) is 0 Å². The highest BCUT2D eigenvalue weighted by Crippen LogP contribution is 2.15. The fourth-order valence-corrected chi connectivity index (χ4v) is 0.694. The van der Waals surface area contributed by atoms with Gasteiger partial charge < -0.3 is 14.2 Å². The second-order valence-electron chi connectivity index (χ2n) is 3.26. The lowest BCUT2D eigenvalue weighted by Gasteiger charge is -2.22. The first-order valence-electron chi connectivity index (χ1n) is 3.49. The molecule has 0 saturated carbocycles. The molecule has 60 valence electrons. The quantitative estimate of drug-likeness (QED) is 0.555. The van der Waals surface area contributed by atoms with E-state index >= 15 is 0 Å². The maximum Gasteiger partial charge on any atom is 0.272 e. The Morgan fingerprint density at radius 2 is 1.70 bits per heavy atom. The second kappa shape index (κ2) is 2.86. The first-order chi connectivity index (χ1) is 4.58. The summed E-state index contributed by atoms with van der Waals surface area (Å²) in [5.41, 5.74) is -0.186. The largest absolute Gasteiger partial charge is 0.327 e. The van der Waals surface area contributed by atoms with E-state index in [1.807, 2.05) is 20.8 Å². The molecule has 1 heterocycles. The van der Waals surface area contributed by atoms with E-state index in [0.29, 0.717) is 13.2 Å². The molecule has 0 radical (unpaired) electrons. The van der Waals surface area contributed by atoms with Crippen LogP contribution in [0.1, 0.15) is 20.8 Å². The van der Waals surface area contributed by atoms with Crippen molar-refractivity contribution in [2.45, 2.75) is 32.8 Å². The van der Waals surface area contributed by atoms with Gasteiger partial charge >= 0.3 is 0 Å². The molecule has 0 unspecified atom stereocenters. The minimum absolute atomic E-state index is 0.186. The lowest BCUT2D eigenvalue weighted by Crippen LogP contribution is -2.27. The van der Waals surface area contributed by atoms with Crippen LogP contribution in [-0.4, -0.2) is 25.3 Å². The number of ether oxygens (including phenoxy) is 3. The van der Waals surface area contributed by atoms with E-state index in [4.69, 9.17) is 14.2 Å². The monoisotopic (exact) mass is 146 g/mol. The van der Waals surface area contributed by atoms with E-state index in [0.717, 1.165) is 0 Å². The van der Waals surface area contributed by atoms with Crippen LogP contribution in [0.4, 0.5) is 0 Å². The average Bonchev–Trinajstić information content (AvgIpc) is 2.12. The molecule has 1 aliphatic heterocycles. The van der Waals surface area contributed by atoms with E-state index in [-0.39, 0.29) is 5.60 Å². The molecule has 1 saturated heterocycles. The third-order valence-electron chi connectivity index (χ3n) is 1.04. The Morgan fingerprint density at radius 3 is 2.10 bits per heavy atom. The molecule has 0 spiro atoms. The molecule has 1 fully saturated rings. The fourth-order valence-electron chi connectivity index (χ4n) is 0.694. The van der Waals surface area contributed by atoms with Gasteiger partial charge in [0.1, 0.15) is 0 Å². The highest BCUT2D eigenvalue weighted by Gasteiger charge is 2.23. The van der Waals surface area contributed by atoms with E-state index in [9.17, 15) is 0 Å². The maximum absolute atomic E-state index is 5.35. The second-order valence-corrected chi connectivity index (χ2v) is 3.26. The minimum Gasteiger partial charge on any atom is -0.327 e. The van der Waals surface area contributed by atoms with Crippen LogP contribution in [0, 0.1) is 0 Å². The molecule has 10 heavy (non-hydrogen) atoms. The Labute approximate surface area is 61.3 Å². The maximum atomic E-state index is 5.35. The summed E-state index contributed by atoms with van der Waals surface area (Å²) in [5, 5.41) is 0. The van der Waals surface area contributed by atoms with Crippen molar-refractivity contribution < 1.29 is 14.2 Å². The molecule has 0 bridgehead atoms. The Morgan fingerprint density at radius 1 is 1.20 bits per heavy atom. The molecule has 0 amide bonds. The molecule has 0 aromatic rings. The summed E-state index contributed by atoms with van der Waals surface area (Å²) in [6.45, 7) is 6.75. The van der Waals surface area contributed by atoms with Crippen LogP contribution in [0.2, 0.25) is 0 Å². The summed E-state index contributed by atoms with van der Waals surface area (Å²) in [7, 11) is 0. The Balaban J connectivity index is 2.24. The molecule has 3 nitrogen and oxygen atoms in total. The SMILES string of the molecule is CC(C)(C)OC1OCCO1. The fraction of sp³-hybridized carbons (Fsp3) is 1.00. The lowest BCUT2D eigenvalue weighted by molar-refractivity contribution is -0.270. The van der Waals surface area contributed by atoms with Gasteiger partial charge in [0.2, 0.25) is 0 Å². The van der Waals surface area contributed by atoms with Gasteiger partial charge in [-0.05, 0) is 20.8 Å². The Kier molecular flexibility index (Phi) is 2.28. The molecule has 1 aliphatic rings. The van der Waals surface area contributed by atoms with Crippen LogP contribution >= 0.6 is 0 Å². The van der Waals surface area contributed by atoms with Gasteiger partial charge in [-0.2, -0.15) is 0 Å². The van der Waals surface area contributed by atoms with Gasteiger partial charge in [-0.1, -0.05) is 0 Å². The predicted molar refractivity (Wildman–Crippen MR) is 36.5 cm³/mol. The zero-order chi connectivity index (χ0) is 7.61. The molecule has 1 rings (SSSR count). The summed E-state index contributed by atoms with van der Waals surface area (Å²) in [6.07, 6.45) is 0. The van der Waals surface area contributed by atoms with Gasteiger partial charge in [-0.3, -0.25) is 0 Å². The molecule has 0 aromatic carbocycles. The van der Waals surface area contributed by atoms with Gasteiger partial charge in [0.15, 0.2) is 0 Å². The summed E-state index contributed by atoms with van der Waals surface area (Å²) in [5.74, 6) is 0. The van der Waals surface area contributed by atoms with Crippen LogP contribution in [0.5, 0.6) is 0 Å². The molecular weight excluding hydrogens is 132 g/mol. The van der Waals surface area contributed by atoms with E-state index in [2.05, 4.69) is 0 Å². The standard InChI is InChI=1S/C7H14O3/c1-7(2,3)10-6-8-4-5-9-6/h6H,4-5H2,1-3H3. The van der Waals surface area contributed by atoms with Crippen molar-refractivity contribution in [3.05, 3.63) is 0 Å². The topological polar surface area (TPSA) is 27.7 Å². The zero-order valence-electron chi connectivity index (χ0n) is 6.72. The van der Waals surface area contributed by atoms with E-state index in [1.54, 1.807) is 0 Å². The van der Waals surface area contributed by atoms with Crippen LogP contribution in [0.15, 0.2) is 0 Å². The van der Waals surface area contributed by atoms with Gasteiger partial charge in [-0.25, -0.2) is 0 Å². The first kappa shape index (κ1) is 7.98. The van der Waals surface area contributed by atoms with Gasteiger partial charge in [0.25, 0.3) is 6.48 Å². The van der Waals surface area contributed by atoms with Crippen molar-refractivity contribution >= 4 is 0 Å². The lowest BCUT2D eigenvalue weighted by atomic mass is 10.2. The normalized spacial score (nSPS) is 21.9. The molecule has 0 atom stereocenters. The van der Waals surface area contributed by atoms with Crippen LogP contribution < -0.4 is 0 Å². The summed E-state index contributed by atoms with van der Waals surface area (Å²) in [4.78, 5) is 0. The summed E-state index contributed by atoms with van der Waals surface area (Å²) in [6, 6.07) is 0. The number of hydrogen-bond donors (Lipinski definition) is 0. The third kappa shape index (κ3) is 2.64. The van der Waals surface area contributed by atoms with E-state index in [1.165, 1.54) is 0 Å². The van der Waals surface area contributed by atoms with Gasteiger partial charge in [0.05, 0.1) is 18.8 Å². The summed E-state index contributed by atoms with van der Waals surface area (Å²) < 4.78 is 15.5. The first-order valence-corrected chi connectivity index (χ1v) is 3.49. The molecule has 0 N–H and O–H groups in total. The highest BCUT2D eigenvalue weighted by atomic mass is 16.9. The smallest absolute Gasteiger partial charge is 0.272 e. The van der Waals surface area contributed by atoms with Crippen molar-refractivity contribution in [1.29, 1.82) is 0 Å². The molecular formula is C7H14O3. The van der Waals surface area contributed by atoms with Gasteiger partial charge in [-0.15, -0.1) is 0 Å². The predicted octanol–water partition coefficient (Wildman–Crippen LogP) is 1.13. The van der Waals surface area contributed by atoms with Gasteiger partial charge in [0, 0.05) is 0 Å².